The maximum Gasteiger partial charge on any atom is 0.246 e. The molecule has 1 heterocycles. The fraction of sp³-hybridized carbons (Fsp3) is 0.304. The van der Waals surface area contributed by atoms with Crippen molar-refractivity contribution in [3.8, 4) is 16.9 Å². The molecule has 0 aliphatic carbocycles. The predicted molar refractivity (Wildman–Crippen MR) is 115 cm³/mol. The second kappa shape index (κ2) is 9.76. The molecule has 2 aromatic carbocycles. The minimum absolute atomic E-state index is 0.0287. The van der Waals surface area contributed by atoms with Gasteiger partial charge in [-0.1, -0.05) is 30.3 Å². The van der Waals surface area contributed by atoms with E-state index in [9.17, 15) is 14.0 Å². The van der Waals surface area contributed by atoms with Crippen LogP contribution in [0.2, 0.25) is 5.02 Å². The highest BCUT2D eigenvalue weighted by Crippen LogP contribution is 2.35. The number of benzene rings is 2. The van der Waals surface area contributed by atoms with Gasteiger partial charge in [-0.25, -0.2) is 4.39 Å². The van der Waals surface area contributed by atoms with Crippen molar-refractivity contribution in [2.75, 3.05) is 33.3 Å². The summed E-state index contributed by atoms with van der Waals surface area (Å²) in [7, 11) is 1.56. The molecule has 158 valence electrons. The van der Waals surface area contributed by atoms with Gasteiger partial charge in [-0.15, -0.1) is 0 Å². The van der Waals surface area contributed by atoms with Gasteiger partial charge in [0.2, 0.25) is 11.8 Å². The Bertz CT molecular complexity index is 938. The van der Waals surface area contributed by atoms with Crippen LogP contribution in [0.1, 0.15) is 12.0 Å². The average molecular weight is 431 g/mol. The number of hydrogen-bond acceptors (Lipinski definition) is 3. The van der Waals surface area contributed by atoms with Gasteiger partial charge >= 0.3 is 0 Å². The van der Waals surface area contributed by atoms with Crippen LogP contribution in [0.3, 0.4) is 0 Å². The average Bonchev–Trinajstić information content (AvgIpc) is 2.78. The van der Waals surface area contributed by atoms with E-state index in [-0.39, 0.29) is 17.6 Å². The van der Waals surface area contributed by atoms with Gasteiger partial charge in [0.1, 0.15) is 11.6 Å². The van der Waals surface area contributed by atoms with Crippen molar-refractivity contribution in [1.29, 1.82) is 0 Å². The normalized spacial score (nSPS) is 13.8. The van der Waals surface area contributed by atoms with E-state index in [2.05, 4.69) is 6.58 Å². The lowest BCUT2D eigenvalue weighted by molar-refractivity contribution is -0.137. The monoisotopic (exact) mass is 430 g/mol. The molecule has 0 unspecified atom stereocenters. The van der Waals surface area contributed by atoms with E-state index in [0.717, 1.165) is 16.7 Å². The van der Waals surface area contributed by atoms with E-state index in [0.29, 0.717) is 49.8 Å². The molecule has 30 heavy (non-hydrogen) atoms. The van der Waals surface area contributed by atoms with Crippen LogP contribution in [0.25, 0.3) is 11.1 Å². The molecule has 0 aromatic heterocycles. The number of aryl methyl sites for hydroxylation is 1. The van der Waals surface area contributed by atoms with Crippen LogP contribution in [0, 0.1) is 5.82 Å². The highest BCUT2D eigenvalue weighted by molar-refractivity contribution is 6.33. The minimum Gasteiger partial charge on any atom is -0.496 e. The fourth-order valence-electron chi connectivity index (χ4n) is 3.54. The summed E-state index contributed by atoms with van der Waals surface area (Å²) < 4.78 is 18.7. The van der Waals surface area contributed by atoms with Gasteiger partial charge in [-0.3, -0.25) is 9.59 Å². The molecule has 0 atom stereocenters. The number of carbonyl (C=O) groups excluding carboxylic acids is 2. The molecule has 0 spiro atoms. The standard InChI is InChI=1S/C23H24ClFN2O3/c1-3-22(28)26-10-12-27(13-11-26)23(29)9-6-17-14-19(20(24)15-21(17)30-2)16-4-7-18(25)8-5-16/h3-5,7-8,14-15H,1,6,9-13H2,2H3. The van der Waals surface area contributed by atoms with Crippen LogP contribution in [0.4, 0.5) is 4.39 Å². The summed E-state index contributed by atoms with van der Waals surface area (Å²) in [6, 6.07) is 9.72. The Morgan fingerprint density at radius 2 is 1.77 bits per heavy atom. The number of nitrogens with zero attached hydrogens (tertiary/aromatic N) is 2. The van der Waals surface area contributed by atoms with Crippen molar-refractivity contribution >= 4 is 23.4 Å². The number of ether oxygens (including phenoxy) is 1. The van der Waals surface area contributed by atoms with Crippen LogP contribution < -0.4 is 4.74 Å². The SMILES string of the molecule is C=CC(=O)N1CCN(C(=O)CCc2cc(-c3ccc(F)cc3)c(Cl)cc2OC)CC1. The van der Waals surface area contributed by atoms with Gasteiger partial charge in [-0.2, -0.15) is 0 Å². The second-order valence-electron chi connectivity index (χ2n) is 7.06. The molecule has 0 saturated carbocycles. The highest BCUT2D eigenvalue weighted by atomic mass is 35.5. The minimum atomic E-state index is -0.316. The van der Waals surface area contributed by atoms with Gasteiger partial charge in [0.15, 0.2) is 0 Å². The lowest BCUT2D eigenvalue weighted by Gasteiger charge is -2.34. The summed E-state index contributed by atoms with van der Waals surface area (Å²) >= 11 is 6.40. The molecule has 7 heteroatoms. The lowest BCUT2D eigenvalue weighted by Crippen LogP contribution is -2.50. The third-order valence-electron chi connectivity index (χ3n) is 5.25. The molecule has 0 N–H and O–H groups in total. The van der Waals surface area contributed by atoms with Crippen molar-refractivity contribution in [1.82, 2.24) is 9.80 Å². The Morgan fingerprint density at radius 3 is 2.37 bits per heavy atom. The van der Waals surface area contributed by atoms with Crippen molar-refractivity contribution in [2.45, 2.75) is 12.8 Å². The fourth-order valence-corrected chi connectivity index (χ4v) is 3.80. The lowest BCUT2D eigenvalue weighted by atomic mass is 9.99. The summed E-state index contributed by atoms with van der Waals surface area (Å²) in [4.78, 5) is 27.8. The van der Waals surface area contributed by atoms with Gasteiger partial charge in [0, 0.05) is 38.2 Å². The van der Waals surface area contributed by atoms with Gasteiger partial charge in [0.05, 0.1) is 12.1 Å². The van der Waals surface area contributed by atoms with Crippen molar-refractivity contribution in [2.24, 2.45) is 0 Å². The Kier molecular flexibility index (Phi) is 7.11. The van der Waals surface area contributed by atoms with Crippen molar-refractivity contribution < 1.29 is 18.7 Å². The number of halogens is 2. The number of methoxy groups -OCH3 is 1. The molecule has 2 amide bonds. The molecule has 2 aromatic rings. The maximum absolute atomic E-state index is 13.3. The smallest absolute Gasteiger partial charge is 0.246 e. The Hall–Kier alpha value is -2.86. The highest BCUT2D eigenvalue weighted by Gasteiger charge is 2.23. The van der Waals surface area contributed by atoms with Crippen LogP contribution >= 0.6 is 11.6 Å². The number of amides is 2. The zero-order valence-electron chi connectivity index (χ0n) is 16.9. The van der Waals surface area contributed by atoms with Gasteiger partial charge < -0.3 is 14.5 Å². The summed E-state index contributed by atoms with van der Waals surface area (Å²) in [5.41, 5.74) is 2.41. The van der Waals surface area contributed by atoms with E-state index >= 15 is 0 Å². The third-order valence-corrected chi connectivity index (χ3v) is 5.56. The molecule has 5 nitrogen and oxygen atoms in total. The molecular formula is C23H24ClFN2O3. The molecule has 0 bridgehead atoms. The second-order valence-corrected chi connectivity index (χ2v) is 7.47. The number of piperazine rings is 1. The Balaban J connectivity index is 1.69. The Morgan fingerprint density at radius 1 is 1.13 bits per heavy atom. The molecule has 3 rings (SSSR count). The Labute approximate surface area is 180 Å². The first kappa shape index (κ1) is 21.8. The zero-order valence-corrected chi connectivity index (χ0v) is 17.6. The van der Waals surface area contributed by atoms with E-state index in [1.165, 1.54) is 18.2 Å². The van der Waals surface area contributed by atoms with Crippen LogP contribution in [-0.2, 0) is 16.0 Å². The summed E-state index contributed by atoms with van der Waals surface area (Å²) in [6.45, 7) is 5.54. The summed E-state index contributed by atoms with van der Waals surface area (Å²) in [6.07, 6.45) is 2.10. The predicted octanol–water partition coefficient (Wildman–Crippen LogP) is 3.94. The first-order valence-electron chi connectivity index (χ1n) is 9.74. The largest absolute Gasteiger partial charge is 0.496 e. The van der Waals surface area contributed by atoms with Crippen LogP contribution in [0.15, 0.2) is 49.1 Å². The quantitative estimate of drug-likeness (QED) is 0.652. The summed E-state index contributed by atoms with van der Waals surface area (Å²) in [5, 5.41) is 0.497. The third kappa shape index (κ3) is 5.00. The maximum atomic E-state index is 13.3. The van der Waals surface area contributed by atoms with Crippen molar-refractivity contribution in [3.05, 3.63) is 65.5 Å². The molecule has 1 aliphatic heterocycles. The van der Waals surface area contributed by atoms with Gasteiger partial charge in [-0.05, 0) is 47.9 Å². The van der Waals surface area contributed by atoms with E-state index < -0.39 is 0 Å². The van der Waals surface area contributed by atoms with E-state index in [4.69, 9.17) is 16.3 Å². The first-order valence-corrected chi connectivity index (χ1v) is 10.1. The molecule has 1 saturated heterocycles. The van der Waals surface area contributed by atoms with Crippen LogP contribution in [-0.4, -0.2) is 54.9 Å². The van der Waals surface area contributed by atoms with Crippen molar-refractivity contribution in [3.63, 3.8) is 0 Å². The van der Waals surface area contributed by atoms with E-state index in [1.54, 1.807) is 35.1 Å². The molecular weight excluding hydrogens is 407 g/mol. The first-order chi connectivity index (χ1) is 14.4. The van der Waals surface area contributed by atoms with E-state index in [1.807, 2.05) is 6.07 Å². The number of rotatable bonds is 6. The zero-order chi connectivity index (χ0) is 21.7. The van der Waals surface area contributed by atoms with Gasteiger partial charge in [0.25, 0.3) is 0 Å². The molecule has 0 radical (unpaired) electrons. The topological polar surface area (TPSA) is 49.9 Å². The number of hydrogen-bond donors (Lipinski definition) is 0. The number of carbonyl (C=O) groups is 2. The molecule has 1 aliphatic rings. The van der Waals surface area contributed by atoms with Crippen LogP contribution in [0.5, 0.6) is 5.75 Å². The summed E-state index contributed by atoms with van der Waals surface area (Å²) in [5.74, 6) is 0.214. The molecule has 1 fully saturated rings.